The first-order chi connectivity index (χ1) is 16.4. The molecule has 3 aromatic rings. The number of hydrogen-bond acceptors (Lipinski definition) is 4. The van der Waals surface area contributed by atoms with Crippen molar-refractivity contribution in [1.82, 2.24) is 9.80 Å². The molecule has 1 saturated carbocycles. The zero-order chi connectivity index (χ0) is 23.9. The van der Waals surface area contributed by atoms with Crippen LogP contribution in [-0.2, 0) is 13.0 Å². The Morgan fingerprint density at radius 2 is 1.59 bits per heavy atom. The first-order valence-corrected chi connectivity index (χ1v) is 11.8. The molecule has 3 aromatic carbocycles. The molecule has 0 aromatic heterocycles. The van der Waals surface area contributed by atoms with E-state index in [2.05, 4.69) is 0 Å². The largest absolute Gasteiger partial charge is 0.399 e. The number of rotatable bonds is 5. The standard InChI is InChI=1S/C28H31N3O3/c1-30-24(16-19-9-4-2-5-10-19)25(32)26(33)28(17-23(28)21-12-6-3-7-13-21)31(27(30)34)18-20-11-8-14-22(29)15-20/h2-15,23-26,32-33H,16-18,29H2,1H3/t23-,24-,25+,26-,28?/m1/s1. The summed E-state index contributed by atoms with van der Waals surface area (Å²) in [5.74, 6) is -0.0627. The van der Waals surface area contributed by atoms with Crippen molar-refractivity contribution in [3.8, 4) is 0 Å². The Kier molecular flexibility index (Phi) is 5.80. The maximum atomic E-state index is 14.0. The maximum Gasteiger partial charge on any atom is 0.320 e. The first-order valence-electron chi connectivity index (χ1n) is 11.8. The van der Waals surface area contributed by atoms with E-state index < -0.39 is 23.8 Å². The van der Waals surface area contributed by atoms with Gasteiger partial charge in [-0.1, -0.05) is 72.8 Å². The average Bonchev–Trinajstić information content (AvgIpc) is 3.62. The van der Waals surface area contributed by atoms with Crippen molar-refractivity contribution >= 4 is 11.7 Å². The first kappa shape index (κ1) is 22.4. The molecule has 34 heavy (non-hydrogen) atoms. The highest BCUT2D eigenvalue weighted by atomic mass is 16.3. The van der Waals surface area contributed by atoms with Crippen LogP contribution in [0, 0.1) is 0 Å². The number of carbonyl (C=O) groups is 1. The molecule has 6 nitrogen and oxygen atoms in total. The molecular weight excluding hydrogens is 426 g/mol. The van der Waals surface area contributed by atoms with Crippen LogP contribution in [0.1, 0.15) is 29.0 Å². The summed E-state index contributed by atoms with van der Waals surface area (Å²) in [5.41, 5.74) is 8.71. The van der Waals surface area contributed by atoms with Crippen LogP contribution in [0.4, 0.5) is 10.5 Å². The molecule has 1 unspecified atom stereocenters. The molecule has 2 amide bonds. The number of nitrogens with zero attached hydrogens (tertiary/aromatic N) is 2. The lowest BCUT2D eigenvalue weighted by Gasteiger charge is -2.36. The summed E-state index contributed by atoms with van der Waals surface area (Å²) in [5, 5.41) is 23.1. The second-order valence-corrected chi connectivity index (χ2v) is 9.58. The molecule has 4 N–H and O–H groups in total. The SMILES string of the molecule is CN1C(=O)N(Cc2cccc(N)c2)C2(C[C@@H]2c2ccccc2)[C@H](O)[C@@H](O)[C@H]1Cc1ccccc1. The van der Waals surface area contributed by atoms with E-state index in [0.717, 1.165) is 16.7 Å². The van der Waals surface area contributed by atoms with Crippen LogP contribution >= 0.6 is 0 Å². The van der Waals surface area contributed by atoms with E-state index in [-0.39, 0.29) is 11.9 Å². The van der Waals surface area contributed by atoms with Crippen LogP contribution in [-0.4, -0.2) is 56.9 Å². The second kappa shape index (κ2) is 8.78. The number of urea groups is 1. The molecule has 2 fully saturated rings. The number of hydrogen-bond donors (Lipinski definition) is 3. The Bertz CT molecular complexity index is 1160. The second-order valence-electron chi connectivity index (χ2n) is 9.58. The van der Waals surface area contributed by atoms with Crippen molar-refractivity contribution in [2.24, 2.45) is 0 Å². The van der Waals surface area contributed by atoms with Gasteiger partial charge in [0.2, 0.25) is 0 Å². The number of likely N-dealkylation sites (N-methyl/N-ethyl adjacent to an activating group) is 1. The Morgan fingerprint density at radius 1 is 0.941 bits per heavy atom. The van der Waals surface area contributed by atoms with Gasteiger partial charge in [-0.3, -0.25) is 0 Å². The van der Waals surface area contributed by atoms with Gasteiger partial charge in [-0.25, -0.2) is 4.79 Å². The Balaban J connectivity index is 1.55. The van der Waals surface area contributed by atoms with E-state index in [4.69, 9.17) is 5.73 Å². The third kappa shape index (κ3) is 3.83. The molecule has 1 spiro atoms. The highest BCUT2D eigenvalue weighted by molar-refractivity contribution is 5.78. The maximum absolute atomic E-state index is 14.0. The van der Waals surface area contributed by atoms with Crippen molar-refractivity contribution in [3.63, 3.8) is 0 Å². The Labute approximate surface area is 200 Å². The summed E-state index contributed by atoms with van der Waals surface area (Å²) in [6, 6.07) is 26.4. The number of nitrogens with two attached hydrogens (primary N) is 1. The molecule has 1 saturated heterocycles. The quantitative estimate of drug-likeness (QED) is 0.513. The van der Waals surface area contributed by atoms with E-state index in [1.54, 1.807) is 16.8 Å². The minimum Gasteiger partial charge on any atom is -0.399 e. The molecule has 5 rings (SSSR count). The number of nitrogen functional groups attached to an aromatic ring is 1. The van der Waals surface area contributed by atoms with E-state index >= 15 is 0 Å². The highest BCUT2D eigenvalue weighted by Gasteiger charge is 2.68. The minimum absolute atomic E-state index is 0.0627. The zero-order valence-electron chi connectivity index (χ0n) is 19.3. The number of aliphatic hydroxyl groups is 2. The van der Waals surface area contributed by atoms with Crippen LogP contribution in [0.2, 0.25) is 0 Å². The number of aliphatic hydroxyl groups excluding tert-OH is 2. The molecule has 6 heteroatoms. The van der Waals surface area contributed by atoms with Crippen LogP contribution in [0.3, 0.4) is 0 Å². The normalized spacial score (nSPS) is 28.7. The summed E-state index contributed by atoms with van der Waals surface area (Å²) in [6.07, 6.45) is -1.13. The van der Waals surface area contributed by atoms with Gasteiger partial charge >= 0.3 is 6.03 Å². The van der Waals surface area contributed by atoms with Gasteiger partial charge in [0.15, 0.2) is 0 Å². The van der Waals surface area contributed by atoms with Gasteiger partial charge in [0.1, 0.15) is 12.2 Å². The summed E-state index contributed by atoms with van der Waals surface area (Å²) < 4.78 is 0. The fourth-order valence-corrected chi connectivity index (χ4v) is 5.59. The number of benzene rings is 3. The van der Waals surface area contributed by atoms with Crippen molar-refractivity contribution in [3.05, 3.63) is 102 Å². The summed E-state index contributed by atoms with van der Waals surface area (Å²) >= 11 is 0. The molecule has 1 aliphatic carbocycles. The summed E-state index contributed by atoms with van der Waals surface area (Å²) in [4.78, 5) is 17.3. The van der Waals surface area contributed by atoms with Crippen molar-refractivity contribution < 1.29 is 15.0 Å². The van der Waals surface area contributed by atoms with Crippen LogP contribution in [0.15, 0.2) is 84.9 Å². The fraction of sp³-hybridized carbons (Fsp3) is 0.321. The predicted octanol–water partition coefficient (Wildman–Crippen LogP) is 3.40. The van der Waals surface area contributed by atoms with E-state index in [0.29, 0.717) is 25.1 Å². The molecule has 0 bridgehead atoms. The minimum atomic E-state index is -1.10. The predicted molar refractivity (Wildman–Crippen MR) is 132 cm³/mol. The topological polar surface area (TPSA) is 90.0 Å². The third-order valence-electron chi connectivity index (χ3n) is 7.52. The van der Waals surface area contributed by atoms with Crippen molar-refractivity contribution in [2.75, 3.05) is 12.8 Å². The van der Waals surface area contributed by atoms with E-state index in [9.17, 15) is 15.0 Å². The molecule has 2 aliphatic rings. The molecule has 1 heterocycles. The zero-order valence-corrected chi connectivity index (χ0v) is 19.3. The molecule has 176 valence electrons. The fourth-order valence-electron chi connectivity index (χ4n) is 5.59. The lowest BCUT2D eigenvalue weighted by atomic mass is 9.90. The lowest BCUT2D eigenvalue weighted by Crippen LogP contribution is -2.52. The lowest BCUT2D eigenvalue weighted by molar-refractivity contribution is -0.0482. The van der Waals surface area contributed by atoms with Gasteiger partial charge in [-0.2, -0.15) is 0 Å². The smallest absolute Gasteiger partial charge is 0.320 e. The van der Waals surface area contributed by atoms with Crippen LogP contribution in [0.5, 0.6) is 0 Å². The average molecular weight is 458 g/mol. The molecular formula is C28H31N3O3. The number of carbonyl (C=O) groups excluding carboxylic acids is 1. The Morgan fingerprint density at radius 3 is 2.26 bits per heavy atom. The van der Waals surface area contributed by atoms with Gasteiger partial charge in [0.25, 0.3) is 0 Å². The van der Waals surface area contributed by atoms with Gasteiger partial charge in [0, 0.05) is 25.2 Å². The summed E-state index contributed by atoms with van der Waals surface area (Å²) in [7, 11) is 1.72. The third-order valence-corrected chi connectivity index (χ3v) is 7.52. The molecule has 1 aliphatic heterocycles. The van der Waals surface area contributed by atoms with Gasteiger partial charge in [-0.15, -0.1) is 0 Å². The van der Waals surface area contributed by atoms with Crippen molar-refractivity contribution in [2.45, 2.75) is 49.1 Å². The summed E-state index contributed by atoms with van der Waals surface area (Å²) in [6.45, 7) is 0.305. The molecule has 0 radical (unpaired) electrons. The monoisotopic (exact) mass is 457 g/mol. The van der Waals surface area contributed by atoms with Gasteiger partial charge < -0.3 is 25.7 Å². The highest BCUT2D eigenvalue weighted by Crippen LogP contribution is 2.60. The van der Waals surface area contributed by atoms with Gasteiger partial charge in [0.05, 0.1) is 11.6 Å². The Hall–Kier alpha value is -3.35. The number of amides is 2. The van der Waals surface area contributed by atoms with Crippen LogP contribution in [0.25, 0.3) is 0 Å². The molecule has 5 atom stereocenters. The number of anilines is 1. The van der Waals surface area contributed by atoms with Gasteiger partial charge in [-0.05, 0) is 41.7 Å². The van der Waals surface area contributed by atoms with Crippen molar-refractivity contribution in [1.29, 1.82) is 0 Å². The van der Waals surface area contributed by atoms with E-state index in [1.165, 1.54) is 0 Å². The van der Waals surface area contributed by atoms with Crippen LogP contribution < -0.4 is 5.73 Å². The van der Waals surface area contributed by atoms with E-state index in [1.807, 2.05) is 84.9 Å².